The minimum Gasteiger partial charge on any atom is -0.348 e. The first kappa shape index (κ1) is 13.2. The number of halogens is 1. The van der Waals surface area contributed by atoms with Crippen molar-refractivity contribution >= 4 is 26.0 Å². The highest BCUT2D eigenvalue weighted by atomic mass is 79.9. The molecule has 0 aliphatic carbocycles. The first-order chi connectivity index (χ1) is 8.58. The Hall–Kier alpha value is -1.25. The van der Waals surface area contributed by atoms with Gasteiger partial charge in [0, 0.05) is 41.7 Å². The molecule has 0 aromatic carbocycles. The van der Waals surface area contributed by atoms with Crippen molar-refractivity contribution in [3.63, 3.8) is 0 Å². The van der Waals surface area contributed by atoms with E-state index in [4.69, 9.17) is 0 Å². The zero-order valence-corrected chi connectivity index (χ0v) is 11.7. The third kappa shape index (κ3) is 3.37. The van der Waals surface area contributed by atoms with E-state index in [1.165, 1.54) is 18.5 Å². The standard InChI is InChI=1S/C10H11BrN4O2S/c11-8-3-10(6-12-4-8)18(16,17)15-2-1-9-5-13-7-14-9/h3-7,15H,1-2H2,(H,13,14). The van der Waals surface area contributed by atoms with E-state index in [1.54, 1.807) is 12.5 Å². The lowest BCUT2D eigenvalue weighted by atomic mass is 10.3. The molecule has 96 valence electrons. The number of hydrogen-bond acceptors (Lipinski definition) is 4. The number of aromatic nitrogens is 3. The van der Waals surface area contributed by atoms with Gasteiger partial charge in [-0.15, -0.1) is 0 Å². The van der Waals surface area contributed by atoms with E-state index in [1.807, 2.05) is 0 Å². The summed E-state index contributed by atoms with van der Waals surface area (Å²) in [5, 5.41) is 0. The van der Waals surface area contributed by atoms with Crippen molar-refractivity contribution in [3.8, 4) is 0 Å². The van der Waals surface area contributed by atoms with E-state index < -0.39 is 10.0 Å². The first-order valence-electron chi connectivity index (χ1n) is 5.15. The summed E-state index contributed by atoms with van der Waals surface area (Å²) in [5.74, 6) is 0. The number of imidazole rings is 1. The van der Waals surface area contributed by atoms with E-state index in [2.05, 4.69) is 35.6 Å². The molecule has 6 nitrogen and oxygen atoms in total. The van der Waals surface area contributed by atoms with Crippen LogP contribution in [0.1, 0.15) is 5.69 Å². The van der Waals surface area contributed by atoms with Gasteiger partial charge in [-0.05, 0) is 22.0 Å². The van der Waals surface area contributed by atoms with Crippen molar-refractivity contribution in [3.05, 3.63) is 41.2 Å². The lowest BCUT2D eigenvalue weighted by Gasteiger charge is -2.05. The zero-order chi connectivity index (χ0) is 13.0. The fraction of sp³-hybridized carbons (Fsp3) is 0.200. The summed E-state index contributed by atoms with van der Waals surface area (Å²) in [4.78, 5) is 10.7. The third-order valence-corrected chi connectivity index (χ3v) is 4.09. The second-order valence-electron chi connectivity index (χ2n) is 3.56. The summed E-state index contributed by atoms with van der Waals surface area (Å²) < 4.78 is 27.0. The summed E-state index contributed by atoms with van der Waals surface area (Å²) in [6, 6.07) is 1.51. The molecular formula is C10H11BrN4O2S. The van der Waals surface area contributed by atoms with Gasteiger partial charge in [0.25, 0.3) is 0 Å². The highest BCUT2D eigenvalue weighted by Gasteiger charge is 2.14. The highest BCUT2D eigenvalue weighted by Crippen LogP contribution is 2.13. The number of rotatable bonds is 5. The van der Waals surface area contributed by atoms with Gasteiger partial charge in [0.05, 0.1) is 6.33 Å². The Bertz CT molecular complexity index is 613. The summed E-state index contributed by atoms with van der Waals surface area (Å²) in [6.07, 6.45) is 6.62. The number of H-pyrrole nitrogens is 1. The average molecular weight is 331 g/mol. The molecule has 2 heterocycles. The van der Waals surface area contributed by atoms with Gasteiger partial charge in [0.15, 0.2) is 0 Å². The number of aromatic amines is 1. The molecule has 2 rings (SSSR count). The van der Waals surface area contributed by atoms with E-state index in [0.29, 0.717) is 17.4 Å². The maximum atomic E-state index is 11.9. The maximum Gasteiger partial charge on any atom is 0.242 e. The summed E-state index contributed by atoms with van der Waals surface area (Å²) >= 11 is 3.19. The van der Waals surface area contributed by atoms with Crippen LogP contribution < -0.4 is 4.72 Å². The molecule has 0 aliphatic heterocycles. The molecule has 2 aromatic heterocycles. The monoisotopic (exact) mass is 330 g/mol. The van der Waals surface area contributed by atoms with E-state index >= 15 is 0 Å². The van der Waals surface area contributed by atoms with Crippen LogP contribution in [-0.2, 0) is 16.4 Å². The normalized spacial score (nSPS) is 11.6. The fourth-order valence-electron chi connectivity index (χ4n) is 1.36. The zero-order valence-electron chi connectivity index (χ0n) is 9.30. The topological polar surface area (TPSA) is 87.7 Å². The Balaban J connectivity index is 1.99. The molecule has 0 saturated carbocycles. The second kappa shape index (κ2) is 5.59. The van der Waals surface area contributed by atoms with Crippen LogP contribution in [0.2, 0.25) is 0 Å². The van der Waals surface area contributed by atoms with Crippen molar-refractivity contribution < 1.29 is 8.42 Å². The number of hydrogen-bond donors (Lipinski definition) is 2. The Morgan fingerprint density at radius 1 is 1.28 bits per heavy atom. The minimum atomic E-state index is -3.51. The van der Waals surface area contributed by atoms with Crippen LogP contribution in [0.4, 0.5) is 0 Å². The molecule has 2 aromatic rings. The van der Waals surface area contributed by atoms with Gasteiger partial charge in [0.2, 0.25) is 10.0 Å². The highest BCUT2D eigenvalue weighted by molar-refractivity contribution is 9.10. The lowest BCUT2D eigenvalue weighted by molar-refractivity contribution is 0.581. The molecule has 2 N–H and O–H groups in total. The molecule has 0 bridgehead atoms. The number of sulfonamides is 1. The predicted molar refractivity (Wildman–Crippen MR) is 69.4 cm³/mol. The summed E-state index contributed by atoms with van der Waals surface area (Å²) in [6.45, 7) is 0.303. The average Bonchev–Trinajstić information content (AvgIpc) is 2.82. The largest absolute Gasteiger partial charge is 0.348 e. The van der Waals surface area contributed by atoms with Gasteiger partial charge in [-0.2, -0.15) is 0 Å². The number of nitrogens with zero attached hydrogens (tertiary/aromatic N) is 2. The number of pyridine rings is 1. The van der Waals surface area contributed by atoms with Crippen LogP contribution in [0, 0.1) is 0 Å². The Morgan fingerprint density at radius 3 is 2.78 bits per heavy atom. The van der Waals surface area contributed by atoms with E-state index in [9.17, 15) is 8.42 Å². The quantitative estimate of drug-likeness (QED) is 0.858. The molecule has 0 saturated heterocycles. The Kier molecular flexibility index (Phi) is 4.10. The Labute approximate surface area is 113 Å². The summed E-state index contributed by atoms with van der Waals surface area (Å²) in [5.41, 5.74) is 0.880. The van der Waals surface area contributed by atoms with Gasteiger partial charge >= 0.3 is 0 Å². The molecule has 0 aliphatic rings. The molecule has 0 radical (unpaired) electrons. The molecule has 0 fully saturated rings. The number of nitrogens with one attached hydrogen (secondary N) is 2. The van der Waals surface area contributed by atoms with Crippen LogP contribution in [0.5, 0.6) is 0 Å². The van der Waals surface area contributed by atoms with Crippen LogP contribution in [-0.4, -0.2) is 29.9 Å². The SMILES string of the molecule is O=S(=O)(NCCc1cnc[nH]1)c1cncc(Br)c1. The van der Waals surface area contributed by atoms with E-state index in [0.717, 1.165) is 5.69 Å². The Morgan fingerprint density at radius 2 is 2.11 bits per heavy atom. The fourth-order valence-corrected chi connectivity index (χ4v) is 2.90. The van der Waals surface area contributed by atoms with Gasteiger partial charge in [0.1, 0.15) is 4.90 Å². The van der Waals surface area contributed by atoms with E-state index in [-0.39, 0.29) is 4.90 Å². The van der Waals surface area contributed by atoms with Crippen molar-refractivity contribution in [2.24, 2.45) is 0 Å². The van der Waals surface area contributed by atoms with Gasteiger partial charge in [-0.1, -0.05) is 0 Å². The van der Waals surface area contributed by atoms with Crippen molar-refractivity contribution in [2.45, 2.75) is 11.3 Å². The maximum absolute atomic E-state index is 11.9. The van der Waals surface area contributed by atoms with Crippen LogP contribution in [0.3, 0.4) is 0 Å². The van der Waals surface area contributed by atoms with Gasteiger partial charge in [-0.3, -0.25) is 4.98 Å². The van der Waals surface area contributed by atoms with Gasteiger partial charge in [-0.25, -0.2) is 18.1 Å². The van der Waals surface area contributed by atoms with Crippen molar-refractivity contribution in [1.29, 1.82) is 0 Å². The van der Waals surface area contributed by atoms with Crippen molar-refractivity contribution in [1.82, 2.24) is 19.7 Å². The second-order valence-corrected chi connectivity index (χ2v) is 6.25. The molecule has 0 unspecified atom stereocenters. The van der Waals surface area contributed by atoms with Gasteiger partial charge < -0.3 is 4.98 Å². The van der Waals surface area contributed by atoms with Crippen molar-refractivity contribution in [2.75, 3.05) is 6.54 Å². The lowest BCUT2D eigenvalue weighted by Crippen LogP contribution is -2.26. The molecule has 18 heavy (non-hydrogen) atoms. The third-order valence-electron chi connectivity index (χ3n) is 2.23. The van der Waals surface area contributed by atoms with Crippen LogP contribution in [0.15, 0.2) is 40.4 Å². The molecule has 0 spiro atoms. The molecule has 8 heteroatoms. The summed E-state index contributed by atoms with van der Waals surface area (Å²) in [7, 11) is -3.51. The first-order valence-corrected chi connectivity index (χ1v) is 7.43. The van der Waals surface area contributed by atoms with Crippen LogP contribution in [0.25, 0.3) is 0 Å². The molecule has 0 atom stereocenters. The minimum absolute atomic E-state index is 0.140. The van der Waals surface area contributed by atoms with Crippen LogP contribution >= 0.6 is 15.9 Å². The molecule has 0 amide bonds. The molecular weight excluding hydrogens is 320 g/mol. The smallest absolute Gasteiger partial charge is 0.242 e. The predicted octanol–water partition coefficient (Wildman–Crippen LogP) is 1.09.